The maximum atomic E-state index is 5.52. The molecule has 1 unspecified atom stereocenters. The van der Waals surface area contributed by atoms with Crippen LogP contribution in [-0.4, -0.2) is 12.0 Å². The molecule has 0 aliphatic carbocycles. The highest BCUT2D eigenvalue weighted by Crippen LogP contribution is 2.25. The minimum Gasteiger partial charge on any atom is -0.467 e. The fourth-order valence-electron chi connectivity index (χ4n) is 1.87. The standard InChI is InChI=1S/C13H16N2O/c1-9-6-11(8-15-7-9)12(14-3)13-10(2)4-5-16-13/h4-8,12,14H,1-3H3. The van der Waals surface area contributed by atoms with E-state index in [1.165, 1.54) is 0 Å². The summed E-state index contributed by atoms with van der Waals surface area (Å²) < 4.78 is 5.52. The topological polar surface area (TPSA) is 38.1 Å². The summed E-state index contributed by atoms with van der Waals surface area (Å²) in [6.07, 6.45) is 5.44. The number of hydrogen-bond acceptors (Lipinski definition) is 3. The van der Waals surface area contributed by atoms with Crippen molar-refractivity contribution in [2.45, 2.75) is 19.9 Å². The Labute approximate surface area is 95.5 Å². The van der Waals surface area contributed by atoms with Crippen LogP contribution in [0.3, 0.4) is 0 Å². The van der Waals surface area contributed by atoms with Gasteiger partial charge in [-0.2, -0.15) is 0 Å². The minimum atomic E-state index is 0.0717. The van der Waals surface area contributed by atoms with Gasteiger partial charge in [0.1, 0.15) is 5.76 Å². The molecule has 0 radical (unpaired) electrons. The molecule has 2 aromatic rings. The van der Waals surface area contributed by atoms with Gasteiger partial charge in [-0.1, -0.05) is 6.07 Å². The lowest BCUT2D eigenvalue weighted by Gasteiger charge is -2.15. The fraction of sp³-hybridized carbons (Fsp3) is 0.308. The molecule has 0 aliphatic rings. The Morgan fingerprint density at radius 1 is 1.31 bits per heavy atom. The van der Waals surface area contributed by atoms with E-state index in [1.807, 2.05) is 39.4 Å². The number of hydrogen-bond donors (Lipinski definition) is 1. The summed E-state index contributed by atoms with van der Waals surface area (Å²) in [5.74, 6) is 0.954. The van der Waals surface area contributed by atoms with E-state index >= 15 is 0 Å². The molecular formula is C13H16N2O. The molecule has 2 heterocycles. The molecule has 0 spiro atoms. The predicted octanol–water partition coefficient (Wildman–Crippen LogP) is 2.60. The Morgan fingerprint density at radius 2 is 2.12 bits per heavy atom. The molecule has 1 N–H and O–H groups in total. The lowest BCUT2D eigenvalue weighted by molar-refractivity contribution is 0.460. The Balaban J connectivity index is 2.40. The van der Waals surface area contributed by atoms with Gasteiger partial charge in [-0.05, 0) is 43.7 Å². The van der Waals surface area contributed by atoms with Crippen LogP contribution in [0.1, 0.15) is 28.5 Å². The van der Waals surface area contributed by atoms with Gasteiger partial charge in [-0.15, -0.1) is 0 Å². The van der Waals surface area contributed by atoms with Crippen molar-refractivity contribution in [3.05, 3.63) is 53.2 Å². The Morgan fingerprint density at radius 3 is 2.69 bits per heavy atom. The first-order chi connectivity index (χ1) is 7.72. The van der Waals surface area contributed by atoms with E-state index < -0.39 is 0 Å². The van der Waals surface area contributed by atoms with Gasteiger partial charge in [0.05, 0.1) is 12.3 Å². The van der Waals surface area contributed by atoms with Crippen molar-refractivity contribution in [3.8, 4) is 0 Å². The van der Waals surface area contributed by atoms with Crippen molar-refractivity contribution in [2.75, 3.05) is 7.05 Å². The van der Waals surface area contributed by atoms with Crippen LogP contribution >= 0.6 is 0 Å². The van der Waals surface area contributed by atoms with Gasteiger partial charge in [0.25, 0.3) is 0 Å². The van der Waals surface area contributed by atoms with Crippen LogP contribution < -0.4 is 5.32 Å². The van der Waals surface area contributed by atoms with Crippen LogP contribution in [0.5, 0.6) is 0 Å². The van der Waals surface area contributed by atoms with Crippen molar-refractivity contribution in [1.29, 1.82) is 0 Å². The lowest BCUT2D eigenvalue weighted by atomic mass is 10.0. The van der Waals surface area contributed by atoms with Gasteiger partial charge in [-0.25, -0.2) is 0 Å². The van der Waals surface area contributed by atoms with E-state index in [2.05, 4.69) is 16.4 Å². The molecule has 0 amide bonds. The molecular weight excluding hydrogens is 200 g/mol. The number of furan rings is 1. The van der Waals surface area contributed by atoms with E-state index in [-0.39, 0.29) is 6.04 Å². The second-order valence-electron chi connectivity index (χ2n) is 3.99. The highest BCUT2D eigenvalue weighted by atomic mass is 16.3. The summed E-state index contributed by atoms with van der Waals surface area (Å²) in [6.45, 7) is 4.09. The molecule has 0 aliphatic heterocycles. The van der Waals surface area contributed by atoms with Crippen LogP contribution in [-0.2, 0) is 0 Å². The molecule has 84 valence electrons. The van der Waals surface area contributed by atoms with Crippen molar-refractivity contribution in [2.24, 2.45) is 0 Å². The van der Waals surface area contributed by atoms with Crippen LogP contribution in [0, 0.1) is 13.8 Å². The van der Waals surface area contributed by atoms with Crippen molar-refractivity contribution >= 4 is 0 Å². The van der Waals surface area contributed by atoms with Gasteiger partial charge in [-0.3, -0.25) is 4.98 Å². The molecule has 3 heteroatoms. The number of aromatic nitrogens is 1. The first kappa shape index (κ1) is 10.9. The molecule has 0 bridgehead atoms. The third kappa shape index (κ3) is 1.99. The molecule has 2 aromatic heterocycles. The van der Waals surface area contributed by atoms with E-state index in [9.17, 15) is 0 Å². The molecule has 0 fully saturated rings. The van der Waals surface area contributed by atoms with Gasteiger partial charge in [0, 0.05) is 12.4 Å². The molecule has 0 saturated carbocycles. The summed E-state index contributed by atoms with van der Waals surface area (Å²) in [4.78, 5) is 4.21. The summed E-state index contributed by atoms with van der Waals surface area (Å²) in [6, 6.07) is 4.17. The summed E-state index contributed by atoms with van der Waals surface area (Å²) in [5.41, 5.74) is 3.43. The quantitative estimate of drug-likeness (QED) is 0.857. The van der Waals surface area contributed by atoms with Crippen LogP contribution in [0.25, 0.3) is 0 Å². The largest absolute Gasteiger partial charge is 0.467 e. The number of nitrogens with zero attached hydrogens (tertiary/aromatic N) is 1. The Bertz CT molecular complexity index is 476. The highest BCUT2D eigenvalue weighted by molar-refractivity contribution is 5.30. The third-order valence-electron chi connectivity index (χ3n) is 2.68. The van der Waals surface area contributed by atoms with Gasteiger partial charge >= 0.3 is 0 Å². The lowest BCUT2D eigenvalue weighted by Crippen LogP contribution is -2.18. The normalized spacial score (nSPS) is 12.7. The predicted molar refractivity (Wildman–Crippen MR) is 63.3 cm³/mol. The molecule has 1 atom stereocenters. The maximum Gasteiger partial charge on any atom is 0.128 e. The van der Waals surface area contributed by atoms with Crippen molar-refractivity contribution in [1.82, 2.24) is 10.3 Å². The fourth-order valence-corrected chi connectivity index (χ4v) is 1.87. The van der Waals surface area contributed by atoms with E-state index in [4.69, 9.17) is 4.42 Å². The smallest absolute Gasteiger partial charge is 0.128 e. The highest BCUT2D eigenvalue weighted by Gasteiger charge is 2.17. The number of pyridine rings is 1. The third-order valence-corrected chi connectivity index (χ3v) is 2.68. The second-order valence-corrected chi connectivity index (χ2v) is 3.99. The summed E-state index contributed by atoms with van der Waals surface area (Å²) in [7, 11) is 1.93. The number of rotatable bonds is 3. The van der Waals surface area contributed by atoms with Crippen molar-refractivity contribution in [3.63, 3.8) is 0 Å². The van der Waals surface area contributed by atoms with Crippen LogP contribution in [0.2, 0.25) is 0 Å². The summed E-state index contributed by atoms with van der Waals surface area (Å²) >= 11 is 0. The molecule has 0 aromatic carbocycles. The van der Waals surface area contributed by atoms with E-state index in [0.29, 0.717) is 0 Å². The monoisotopic (exact) mass is 216 g/mol. The molecule has 16 heavy (non-hydrogen) atoms. The first-order valence-electron chi connectivity index (χ1n) is 5.35. The summed E-state index contributed by atoms with van der Waals surface area (Å²) in [5, 5.41) is 3.26. The van der Waals surface area contributed by atoms with Gasteiger partial charge in [0.2, 0.25) is 0 Å². The first-order valence-corrected chi connectivity index (χ1v) is 5.35. The molecule has 3 nitrogen and oxygen atoms in total. The average Bonchev–Trinajstić information content (AvgIpc) is 2.67. The van der Waals surface area contributed by atoms with Crippen molar-refractivity contribution < 1.29 is 4.42 Å². The van der Waals surface area contributed by atoms with Gasteiger partial charge in [0.15, 0.2) is 0 Å². The van der Waals surface area contributed by atoms with Crippen LogP contribution in [0.4, 0.5) is 0 Å². The van der Waals surface area contributed by atoms with Crippen LogP contribution in [0.15, 0.2) is 35.2 Å². The van der Waals surface area contributed by atoms with E-state index in [1.54, 1.807) is 6.26 Å². The zero-order valence-corrected chi connectivity index (χ0v) is 9.82. The zero-order chi connectivity index (χ0) is 11.5. The number of aryl methyl sites for hydroxylation is 2. The Hall–Kier alpha value is -1.61. The Kier molecular flexibility index (Phi) is 3.06. The van der Waals surface area contributed by atoms with E-state index in [0.717, 1.165) is 22.5 Å². The minimum absolute atomic E-state index is 0.0717. The molecule has 0 saturated heterocycles. The number of nitrogens with one attached hydrogen (secondary N) is 1. The average molecular weight is 216 g/mol. The maximum absolute atomic E-state index is 5.52. The van der Waals surface area contributed by atoms with Gasteiger partial charge < -0.3 is 9.73 Å². The zero-order valence-electron chi connectivity index (χ0n) is 9.82. The second kappa shape index (κ2) is 4.49. The molecule has 2 rings (SSSR count). The SMILES string of the molecule is CNC(c1cncc(C)c1)c1occc1C.